The third-order valence-electron chi connectivity index (χ3n) is 11.4. The van der Waals surface area contributed by atoms with Crippen molar-refractivity contribution in [2.24, 2.45) is 35.0 Å². The van der Waals surface area contributed by atoms with E-state index in [2.05, 4.69) is 61.8 Å². The van der Waals surface area contributed by atoms with E-state index < -0.39 is 54.4 Å². The van der Waals surface area contributed by atoms with Crippen molar-refractivity contribution in [3.05, 3.63) is 35.3 Å². The molecule has 69 heavy (non-hydrogen) atoms. The molecule has 3 amide bonds. The van der Waals surface area contributed by atoms with Gasteiger partial charge >= 0.3 is 0 Å². The molecule has 3 aromatic rings. The SMILES string of the molecule is [2H]C1(Nc2nc(NC(C)(C)C)ncc2C(N)=O)CCC(C)C(O)C1.[2H]C1(O)CC(Nc2nc(NC(C)(C)C)ncc2C(N)=O)CCC1C.[2H]C1([2H])C(Nc2nc(NC(C)(C)C)ncc2C(N)=O)CCC(C)C1O. The molecule has 384 valence electrons. The van der Waals surface area contributed by atoms with Crippen molar-refractivity contribution < 1.29 is 35.2 Å². The fourth-order valence-electron chi connectivity index (χ4n) is 7.43. The van der Waals surface area contributed by atoms with Crippen LogP contribution in [-0.4, -0.2) is 116 Å². The third kappa shape index (κ3) is 18.3. The average molecular weight is 968 g/mol. The number of anilines is 6. The number of carbonyl (C=O) groups is 3. The number of aromatic nitrogens is 6. The standard InChI is InChI=1S/3C16H27N5O2/c3*1-9-5-6-10(7-12(9)22)19-14-11(13(17)23)8-18-15(20-14)21-16(2,3)4/h3*8-10,12,22H,5-7H2,1-4H3,(H2,17,23)(H2,18,19,20,21)/i12D;10D;7D2. The van der Waals surface area contributed by atoms with E-state index in [1.807, 2.05) is 83.1 Å². The molecular formula is C48H81N15O6. The Morgan fingerprint density at radius 3 is 1.30 bits per heavy atom. The molecule has 3 aliphatic rings. The van der Waals surface area contributed by atoms with E-state index in [4.69, 9.17) is 22.7 Å². The number of aliphatic hydroxyl groups is 3. The van der Waals surface area contributed by atoms with Crippen molar-refractivity contribution in [1.29, 1.82) is 0 Å². The molecule has 0 aliphatic heterocycles. The molecule has 6 rings (SSSR count). The van der Waals surface area contributed by atoms with Gasteiger partial charge in [0.2, 0.25) is 17.8 Å². The third-order valence-corrected chi connectivity index (χ3v) is 11.4. The van der Waals surface area contributed by atoms with Gasteiger partial charge in [-0.1, -0.05) is 20.8 Å². The van der Waals surface area contributed by atoms with E-state index in [0.717, 1.165) is 19.3 Å². The maximum Gasteiger partial charge on any atom is 0.254 e. The quantitative estimate of drug-likeness (QED) is 0.110. The number of nitrogens with one attached hydrogen (secondary N) is 6. The summed E-state index contributed by atoms with van der Waals surface area (Å²) in [7, 11) is 0. The molecule has 0 saturated heterocycles. The van der Waals surface area contributed by atoms with Gasteiger partial charge in [-0.05, 0) is 138 Å². The number of carbonyl (C=O) groups excluding carboxylic acids is 3. The topological polar surface area (TPSA) is 339 Å². The predicted molar refractivity (Wildman–Crippen MR) is 271 cm³/mol. The molecule has 21 heteroatoms. The second kappa shape index (κ2) is 23.8. The monoisotopic (exact) mass is 968 g/mol. The van der Waals surface area contributed by atoms with E-state index in [9.17, 15) is 29.7 Å². The van der Waals surface area contributed by atoms with Crippen LogP contribution in [0.25, 0.3) is 0 Å². The molecule has 15 N–H and O–H groups in total. The maximum atomic E-state index is 11.7. The van der Waals surface area contributed by atoms with Crippen molar-refractivity contribution in [2.75, 3.05) is 31.9 Å². The Kier molecular flexibility index (Phi) is 17.1. The van der Waals surface area contributed by atoms with Gasteiger partial charge in [-0.25, -0.2) is 15.0 Å². The second-order valence-corrected chi connectivity index (χ2v) is 21.5. The molecule has 21 nitrogen and oxygen atoms in total. The number of hydrogen-bond donors (Lipinski definition) is 12. The highest BCUT2D eigenvalue weighted by atomic mass is 16.3. The number of nitrogens with two attached hydrogens (primary N) is 3. The minimum absolute atomic E-state index is 0.0865. The van der Waals surface area contributed by atoms with Gasteiger partial charge in [0.05, 0.1) is 37.7 Å². The fraction of sp³-hybridized carbons (Fsp3) is 0.688. The van der Waals surface area contributed by atoms with Crippen LogP contribution in [0.15, 0.2) is 18.6 Å². The van der Waals surface area contributed by atoms with Crippen molar-refractivity contribution >= 4 is 53.0 Å². The first kappa shape index (κ1) is 49.7. The van der Waals surface area contributed by atoms with Crippen molar-refractivity contribution in [3.8, 4) is 0 Å². The van der Waals surface area contributed by atoms with Crippen molar-refractivity contribution in [3.63, 3.8) is 0 Å². The zero-order valence-corrected chi connectivity index (χ0v) is 42.4. The highest BCUT2D eigenvalue weighted by Crippen LogP contribution is 2.30. The summed E-state index contributed by atoms with van der Waals surface area (Å²) < 4.78 is 33.0. The van der Waals surface area contributed by atoms with Crippen LogP contribution in [0.3, 0.4) is 0 Å². The molecule has 3 saturated carbocycles. The smallest absolute Gasteiger partial charge is 0.254 e. The average Bonchev–Trinajstić information content (AvgIpc) is 3.22. The van der Waals surface area contributed by atoms with Gasteiger partial charge in [0.15, 0.2) is 0 Å². The maximum absolute atomic E-state index is 11.7. The van der Waals surface area contributed by atoms with Crippen LogP contribution in [0.4, 0.5) is 35.3 Å². The van der Waals surface area contributed by atoms with Crippen LogP contribution in [0.2, 0.25) is 0 Å². The molecule has 3 fully saturated rings. The van der Waals surface area contributed by atoms with Crippen LogP contribution >= 0.6 is 0 Å². The molecule has 0 radical (unpaired) electrons. The summed E-state index contributed by atoms with van der Waals surface area (Å²) in [5.41, 5.74) is 15.9. The largest absolute Gasteiger partial charge is 0.393 e. The van der Waals surface area contributed by atoms with Crippen LogP contribution in [0.1, 0.15) is 177 Å². The van der Waals surface area contributed by atoms with E-state index in [1.54, 1.807) is 0 Å². The zero-order chi connectivity index (χ0) is 55.2. The number of aliphatic hydroxyl groups excluding tert-OH is 2. The highest BCUT2D eigenvalue weighted by molar-refractivity contribution is 5.98. The van der Waals surface area contributed by atoms with E-state index in [1.165, 1.54) is 18.6 Å². The molecule has 3 heterocycles. The molecule has 9 atom stereocenters. The minimum atomic E-state index is -1.85. The number of primary amides is 3. The predicted octanol–water partition coefficient (Wildman–Crippen LogP) is 5.24. The first-order chi connectivity index (χ1) is 33.4. The summed E-state index contributed by atoms with van der Waals surface area (Å²) in [6, 6.07) is -1.93. The summed E-state index contributed by atoms with van der Waals surface area (Å²) >= 11 is 0. The lowest BCUT2D eigenvalue weighted by Crippen LogP contribution is -2.36. The summed E-state index contributed by atoms with van der Waals surface area (Å²) in [6.07, 6.45) is 3.57. The summed E-state index contributed by atoms with van der Waals surface area (Å²) in [6.45, 7) is 23.3. The van der Waals surface area contributed by atoms with Gasteiger partial charge in [-0.3, -0.25) is 14.4 Å². The van der Waals surface area contributed by atoms with Crippen molar-refractivity contribution in [1.82, 2.24) is 29.9 Å². The van der Waals surface area contributed by atoms with Gasteiger partial charge in [-0.2, -0.15) is 15.0 Å². The fourth-order valence-corrected chi connectivity index (χ4v) is 7.43. The zero-order valence-electron chi connectivity index (χ0n) is 46.4. The van der Waals surface area contributed by atoms with Gasteiger partial charge in [0.25, 0.3) is 17.7 Å². The molecule has 3 aromatic heterocycles. The number of hydrogen-bond acceptors (Lipinski definition) is 18. The summed E-state index contributed by atoms with van der Waals surface area (Å²) in [5, 5.41) is 48.9. The van der Waals surface area contributed by atoms with Gasteiger partial charge in [-0.15, -0.1) is 0 Å². The Balaban J connectivity index is 0.000000237. The number of nitrogens with zero attached hydrogens (tertiary/aromatic N) is 6. The Morgan fingerprint density at radius 2 is 0.913 bits per heavy atom. The lowest BCUT2D eigenvalue weighted by atomic mass is 9.85. The second-order valence-electron chi connectivity index (χ2n) is 21.5. The van der Waals surface area contributed by atoms with E-state index in [-0.39, 0.29) is 81.6 Å². The number of amides is 3. The van der Waals surface area contributed by atoms with Crippen LogP contribution in [0, 0.1) is 17.8 Å². The van der Waals surface area contributed by atoms with E-state index >= 15 is 0 Å². The normalized spacial score (nSPS) is 28.7. The summed E-state index contributed by atoms with van der Waals surface area (Å²) in [5.74, 6) is -0.265. The summed E-state index contributed by atoms with van der Waals surface area (Å²) in [4.78, 5) is 60.3. The minimum Gasteiger partial charge on any atom is -0.393 e. The van der Waals surface area contributed by atoms with Gasteiger partial charge in [0.1, 0.15) is 17.5 Å². The Labute approximate surface area is 413 Å². The lowest BCUT2D eigenvalue weighted by Gasteiger charge is -2.32. The first-order valence-electron chi connectivity index (χ1n) is 25.6. The Bertz CT molecular complexity index is 2400. The van der Waals surface area contributed by atoms with Crippen LogP contribution in [0.5, 0.6) is 0 Å². The Hall–Kier alpha value is -5.67. The molecule has 9 unspecified atom stereocenters. The Morgan fingerprint density at radius 1 is 0.551 bits per heavy atom. The molecule has 0 spiro atoms. The van der Waals surface area contributed by atoms with Crippen LogP contribution in [-0.2, 0) is 0 Å². The van der Waals surface area contributed by atoms with Crippen molar-refractivity contribution in [2.45, 2.75) is 194 Å². The van der Waals surface area contributed by atoms with Gasteiger partial charge in [0, 0.05) is 56.1 Å². The molecule has 3 aliphatic carbocycles. The van der Waals surface area contributed by atoms with E-state index in [0.29, 0.717) is 42.9 Å². The lowest BCUT2D eigenvalue weighted by molar-refractivity contribution is 0.0737. The first-order valence-corrected chi connectivity index (χ1v) is 23.6. The van der Waals surface area contributed by atoms with Crippen LogP contribution < -0.4 is 49.1 Å². The van der Waals surface area contributed by atoms with Gasteiger partial charge < -0.3 is 64.4 Å². The molecular weight excluding hydrogens is 883 g/mol. The molecule has 0 bridgehead atoms. The molecule has 0 aromatic carbocycles. The number of rotatable bonds is 12. The highest BCUT2D eigenvalue weighted by Gasteiger charge is 2.30.